The van der Waals surface area contributed by atoms with Crippen LogP contribution in [-0.4, -0.2) is 60.5 Å². The van der Waals surface area contributed by atoms with Crippen LogP contribution in [0.3, 0.4) is 0 Å². The van der Waals surface area contributed by atoms with Crippen molar-refractivity contribution in [1.82, 2.24) is 39.6 Å². The summed E-state index contributed by atoms with van der Waals surface area (Å²) in [6.07, 6.45) is 5.06. The average molecular weight is 434 g/mol. The Morgan fingerprint density at radius 3 is 2.72 bits per heavy atom. The van der Waals surface area contributed by atoms with E-state index in [1.807, 2.05) is 18.2 Å². The van der Waals surface area contributed by atoms with Crippen molar-refractivity contribution in [2.75, 3.05) is 24.8 Å². The second kappa shape index (κ2) is 7.80. The fourth-order valence-electron chi connectivity index (χ4n) is 3.37. The van der Waals surface area contributed by atoms with Crippen molar-refractivity contribution in [3.05, 3.63) is 30.9 Å². The van der Waals surface area contributed by atoms with Crippen molar-refractivity contribution in [3.63, 3.8) is 0 Å². The predicted molar refractivity (Wildman–Crippen MR) is 118 cm³/mol. The van der Waals surface area contributed by atoms with E-state index in [1.54, 1.807) is 32.2 Å². The highest BCUT2D eigenvalue weighted by atomic mass is 16.5. The molecule has 12 heteroatoms. The fraction of sp³-hybridized carbons (Fsp3) is 0.300. The van der Waals surface area contributed by atoms with Gasteiger partial charge in [0.1, 0.15) is 12.7 Å². The molecule has 4 aromatic rings. The molecule has 1 saturated carbocycles. The van der Waals surface area contributed by atoms with Crippen LogP contribution < -0.4 is 20.7 Å². The Balaban J connectivity index is 1.54. The molecule has 32 heavy (non-hydrogen) atoms. The van der Waals surface area contributed by atoms with Gasteiger partial charge in [-0.25, -0.2) is 19.3 Å². The number of benzene rings is 1. The zero-order valence-electron chi connectivity index (χ0n) is 17.8. The molecular formula is C20H22N10O2. The summed E-state index contributed by atoms with van der Waals surface area (Å²) in [6.45, 7) is 0. The monoisotopic (exact) mass is 434 g/mol. The lowest BCUT2D eigenvalue weighted by Crippen LogP contribution is -2.30. The number of methoxy groups -OCH3 is 1. The molecule has 1 fully saturated rings. The number of amides is 1. The Morgan fingerprint density at radius 2 is 2.03 bits per heavy atom. The van der Waals surface area contributed by atoms with Crippen LogP contribution in [0, 0.1) is 0 Å². The zero-order chi connectivity index (χ0) is 22.2. The number of para-hydroxylation sites is 1. The van der Waals surface area contributed by atoms with E-state index in [0.717, 1.165) is 18.4 Å². The van der Waals surface area contributed by atoms with Gasteiger partial charge in [-0.3, -0.25) is 4.68 Å². The van der Waals surface area contributed by atoms with Gasteiger partial charge in [0, 0.05) is 20.1 Å². The number of nitrogens with zero attached hydrogens (tertiary/aromatic N) is 7. The number of imidazole rings is 1. The highest BCUT2D eigenvalue weighted by molar-refractivity contribution is 5.92. The van der Waals surface area contributed by atoms with Crippen LogP contribution in [-0.2, 0) is 7.05 Å². The molecule has 12 nitrogen and oxygen atoms in total. The summed E-state index contributed by atoms with van der Waals surface area (Å²) in [4.78, 5) is 30.3. The molecule has 0 unspecified atom stereocenters. The Morgan fingerprint density at radius 1 is 1.19 bits per heavy atom. The Kier molecular flexibility index (Phi) is 4.81. The van der Waals surface area contributed by atoms with Crippen molar-refractivity contribution < 1.29 is 9.53 Å². The number of anilines is 3. The van der Waals surface area contributed by atoms with Crippen LogP contribution in [0.5, 0.6) is 5.75 Å². The van der Waals surface area contributed by atoms with Gasteiger partial charge in [0.25, 0.3) is 0 Å². The third-order valence-electron chi connectivity index (χ3n) is 5.06. The number of hydrogen-bond acceptors (Lipinski definition) is 9. The van der Waals surface area contributed by atoms with Gasteiger partial charge in [0.15, 0.2) is 28.6 Å². The summed E-state index contributed by atoms with van der Waals surface area (Å²) < 4.78 is 8.67. The summed E-state index contributed by atoms with van der Waals surface area (Å²) in [7, 11) is 5.12. The predicted octanol–water partition coefficient (Wildman–Crippen LogP) is 2.14. The first-order valence-electron chi connectivity index (χ1n) is 10.1. The van der Waals surface area contributed by atoms with Gasteiger partial charge >= 0.3 is 6.03 Å². The third kappa shape index (κ3) is 3.55. The Bertz CT molecular complexity index is 1310. The molecule has 3 aromatic heterocycles. The van der Waals surface area contributed by atoms with Crippen molar-refractivity contribution in [2.45, 2.75) is 18.9 Å². The van der Waals surface area contributed by atoms with Crippen LogP contribution in [0.4, 0.5) is 22.2 Å². The molecule has 1 aromatic carbocycles. The maximum absolute atomic E-state index is 12.6. The lowest BCUT2D eigenvalue weighted by Gasteiger charge is -2.14. The van der Waals surface area contributed by atoms with E-state index < -0.39 is 0 Å². The van der Waals surface area contributed by atoms with Gasteiger partial charge in [0.2, 0.25) is 5.95 Å². The molecule has 1 aliphatic rings. The van der Waals surface area contributed by atoms with E-state index >= 15 is 0 Å². The molecule has 3 N–H and O–H groups in total. The van der Waals surface area contributed by atoms with Crippen LogP contribution in [0.2, 0.25) is 0 Å². The summed E-state index contributed by atoms with van der Waals surface area (Å²) in [5.74, 6) is 1.87. The first-order chi connectivity index (χ1) is 15.6. The summed E-state index contributed by atoms with van der Waals surface area (Å²) in [6, 6.07) is 5.54. The lowest BCUT2D eigenvalue weighted by molar-refractivity contribution is 0.242. The van der Waals surface area contributed by atoms with Gasteiger partial charge < -0.3 is 20.7 Å². The van der Waals surface area contributed by atoms with Crippen molar-refractivity contribution in [1.29, 1.82) is 0 Å². The maximum Gasteiger partial charge on any atom is 0.328 e. The number of fused-ring (bicyclic) bond motifs is 1. The van der Waals surface area contributed by atoms with Crippen LogP contribution >= 0.6 is 0 Å². The summed E-state index contributed by atoms with van der Waals surface area (Å²) in [5, 5.41) is 13.5. The average Bonchev–Trinajstić information content (AvgIpc) is 3.33. The van der Waals surface area contributed by atoms with Crippen LogP contribution in [0.15, 0.2) is 30.9 Å². The molecular weight excluding hydrogens is 412 g/mol. The van der Waals surface area contributed by atoms with Crippen LogP contribution in [0.25, 0.3) is 22.6 Å². The second-order valence-corrected chi connectivity index (χ2v) is 7.41. The van der Waals surface area contributed by atoms with Gasteiger partial charge in [-0.1, -0.05) is 6.07 Å². The first-order valence-corrected chi connectivity index (χ1v) is 10.1. The van der Waals surface area contributed by atoms with Crippen molar-refractivity contribution >= 4 is 34.6 Å². The number of nitrogens with one attached hydrogen (secondary N) is 3. The molecule has 1 aliphatic carbocycles. The highest BCUT2D eigenvalue weighted by Crippen LogP contribution is 2.36. The SMILES string of the molecule is CNc1nc(Nc2cccc(-c3ncn(C)n3)c2OC)nc2c1ncn2C(=O)NC1CC1. The van der Waals surface area contributed by atoms with Crippen molar-refractivity contribution in [3.8, 4) is 17.1 Å². The third-order valence-corrected chi connectivity index (χ3v) is 5.06. The molecule has 0 radical (unpaired) electrons. The molecule has 0 spiro atoms. The van der Waals surface area contributed by atoms with Gasteiger partial charge in [-0.2, -0.15) is 15.1 Å². The van der Waals surface area contributed by atoms with Gasteiger partial charge in [0.05, 0.1) is 18.4 Å². The Labute approximate surface area is 183 Å². The first kappa shape index (κ1) is 19.7. The minimum Gasteiger partial charge on any atom is -0.494 e. The van der Waals surface area contributed by atoms with Crippen molar-refractivity contribution in [2.24, 2.45) is 7.05 Å². The number of ether oxygens (including phenoxy) is 1. The quantitative estimate of drug-likeness (QED) is 0.417. The molecule has 3 heterocycles. The number of carbonyl (C=O) groups excluding carboxylic acids is 1. The molecule has 0 aliphatic heterocycles. The normalized spacial score (nSPS) is 13.2. The molecule has 1 amide bonds. The zero-order valence-corrected chi connectivity index (χ0v) is 17.8. The smallest absolute Gasteiger partial charge is 0.328 e. The van der Waals surface area contributed by atoms with Gasteiger partial charge in [-0.15, -0.1) is 0 Å². The number of aromatic nitrogens is 7. The standard InChI is InChI=1S/C20H22N10O2/c1-21-17-14-18(30(10-22-14)20(31)24-11-7-8-11)27-19(26-17)25-13-6-4-5-12(15(13)32-3)16-23-9-29(2)28-16/h4-6,9-11H,7-8H2,1-3H3,(H,24,31)(H2,21,25,26,27). The highest BCUT2D eigenvalue weighted by Gasteiger charge is 2.25. The summed E-state index contributed by atoms with van der Waals surface area (Å²) >= 11 is 0. The largest absolute Gasteiger partial charge is 0.494 e. The summed E-state index contributed by atoms with van der Waals surface area (Å²) in [5.41, 5.74) is 2.25. The van der Waals surface area contributed by atoms with E-state index in [1.165, 1.54) is 10.9 Å². The van der Waals surface area contributed by atoms with Gasteiger partial charge in [-0.05, 0) is 25.0 Å². The lowest BCUT2D eigenvalue weighted by atomic mass is 10.1. The number of carbonyl (C=O) groups is 1. The minimum absolute atomic E-state index is 0.218. The molecule has 0 atom stereocenters. The number of rotatable bonds is 6. The molecule has 0 saturated heterocycles. The molecule has 0 bridgehead atoms. The topological polar surface area (TPSA) is 137 Å². The van der Waals surface area contributed by atoms with Crippen LogP contribution in [0.1, 0.15) is 12.8 Å². The Hall–Kier alpha value is -4.22. The maximum atomic E-state index is 12.6. The van der Waals surface area contributed by atoms with E-state index in [4.69, 9.17) is 4.74 Å². The fourth-order valence-corrected chi connectivity index (χ4v) is 3.37. The van der Waals surface area contributed by atoms with E-state index in [0.29, 0.717) is 34.2 Å². The van der Waals surface area contributed by atoms with E-state index in [2.05, 4.69) is 41.0 Å². The minimum atomic E-state index is -0.262. The number of hydrogen-bond donors (Lipinski definition) is 3. The second-order valence-electron chi connectivity index (χ2n) is 7.41. The van der Waals surface area contributed by atoms with E-state index in [9.17, 15) is 4.79 Å². The number of aryl methyl sites for hydroxylation is 1. The van der Waals surface area contributed by atoms with E-state index in [-0.39, 0.29) is 18.0 Å². The molecule has 164 valence electrons. The molecule has 5 rings (SSSR count).